The van der Waals surface area contributed by atoms with Crippen LogP contribution in [-0.4, -0.2) is 32.8 Å². The van der Waals surface area contributed by atoms with Gasteiger partial charge in [0.25, 0.3) is 0 Å². The first kappa shape index (κ1) is 15.9. The first-order valence-corrected chi connectivity index (χ1v) is 8.77. The van der Waals surface area contributed by atoms with E-state index in [4.69, 9.17) is 0 Å². The van der Waals surface area contributed by atoms with Crippen LogP contribution in [0.4, 0.5) is 0 Å². The molecule has 0 aliphatic heterocycles. The van der Waals surface area contributed by atoms with Gasteiger partial charge in [-0.3, -0.25) is 0 Å². The van der Waals surface area contributed by atoms with Crippen molar-refractivity contribution in [2.24, 2.45) is 5.92 Å². The van der Waals surface area contributed by atoms with Crippen molar-refractivity contribution >= 4 is 10.0 Å². The Kier molecular flexibility index (Phi) is 6.60. The Labute approximate surface area is 112 Å². The van der Waals surface area contributed by atoms with Crippen molar-refractivity contribution in [1.82, 2.24) is 10.0 Å². The summed E-state index contributed by atoms with van der Waals surface area (Å²) in [6.45, 7) is 7.28. The molecule has 2 unspecified atom stereocenters. The zero-order chi connectivity index (χ0) is 13.6. The highest BCUT2D eigenvalue weighted by molar-refractivity contribution is 7.89. The fraction of sp³-hybridized carbons (Fsp3) is 1.00. The highest BCUT2D eigenvalue weighted by Crippen LogP contribution is 2.25. The van der Waals surface area contributed by atoms with E-state index in [1.165, 1.54) is 0 Å². The van der Waals surface area contributed by atoms with E-state index in [1.807, 2.05) is 0 Å². The average Bonchev–Trinajstić information content (AvgIpc) is 2.61. The third kappa shape index (κ3) is 6.71. The highest BCUT2D eigenvalue weighted by Gasteiger charge is 2.25. The second kappa shape index (κ2) is 7.46. The molecular weight excluding hydrogens is 248 g/mol. The van der Waals surface area contributed by atoms with E-state index < -0.39 is 10.0 Å². The van der Waals surface area contributed by atoms with Crippen LogP contribution in [-0.2, 0) is 10.0 Å². The molecule has 108 valence electrons. The second-order valence-corrected chi connectivity index (χ2v) is 7.74. The fourth-order valence-electron chi connectivity index (χ4n) is 2.43. The van der Waals surface area contributed by atoms with Gasteiger partial charge >= 0.3 is 0 Å². The molecule has 5 heteroatoms. The first-order chi connectivity index (χ1) is 8.39. The summed E-state index contributed by atoms with van der Waals surface area (Å²) in [7, 11) is -3.07. The summed E-state index contributed by atoms with van der Waals surface area (Å²) >= 11 is 0. The smallest absolute Gasteiger partial charge is 0.211 e. The summed E-state index contributed by atoms with van der Waals surface area (Å²) in [4.78, 5) is 0. The normalized spacial score (nSPS) is 24.9. The molecule has 0 radical (unpaired) electrons. The molecule has 2 atom stereocenters. The minimum absolute atomic E-state index is 0.179. The van der Waals surface area contributed by atoms with Crippen molar-refractivity contribution in [2.45, 2.75) is 65.0 Å². The maximum Gasteiger partial charge on any atom is 0.211 e. The van der Waals surface area contributed by atoms with Gasteiger partial charge in [-0.1, -0.05) is 20.8 Å². The maximum atomic E-state index is 11.9. The van der Waals surface area contributed by atoms with Gasteiger partial charge in [0.15, 0.2) is 0 Å². The third-order valence-corrected chi connectivity index (χ3v) is 4.95. The van der Waals surface area contributed by atoms with Crippen LogP contribution < -0.4 is 10.0 Å². The van der Waals surface area contributed by atoms with Gasteiger partial charge in [-0.05, 0) is 44.6 Å². The third-order valence-electron chi connectivity index (χ3n) is 3.43. The summed E-state index contributed by atoms with van der Waals surface area (Å²) in [6, 6.07) is 0.651. The van der Waals surface area contributed by atoms with Crippen molar-refractivity contribution in [3.8, 4) is 0 Å². The highest BCUT2D eigenvalue weighted by atomic mass is 32.2. The molecule has 0 aromatic carbocycles. The molecule has 2 N–H and O–H groups in total. The summed E-state index contributed by atoms with van der Waals surface area (Å²) in [5.74, 6) is 0.922. The number of sulfonamides is 1. The lowest BCUT2D eigenvalue weighted by molar-refractivity contribution is 0.531. The van der Waals surface area contributed by atoms with Crippen LogP contribution in [0.1, 0.15) is 52.9 Å². The van der Waals surface area contributed by atoms with E-state index in [2.05, 4.69) is 30.8 Å². The zero-order valence-electron chi connectivity index (χ0n) is 11.9. The van der Waals surface area contributed by atoms with E-state index in [0.717, 1.165) is 38.6 Å². The SMILES string of the molecule is CC1CCC(NS(=O)(=O)CCCCNC(C)C)C1. The molecule has 1 aliphatic rings. The van der Waals surface area contributed by atoms with Gasteiger partial charge in [-0.15, -0.1) is 0 Å². The molecule has 0 aromatic rings. The van der Waals surface area contributed by atoms with Gasteiger partial charge in [0.05, 0.1) is 5.75 Å². The molecule has 1 aliphatic carbocycles. The summed E-state index contributed by atoms with van der Waals surface area (Å²) in [5.41, 5.74) is 0. The average molecular weight is 276 g/mol. The van der Waals surface area contributed by atoms with Crippen molar-refractivity contribution in [2.75, 3.05) is 12.3 Å². The lowest BCUT2D eigenvalue weighted by atomic mass is 10.1. The van der Waals surface area contributed by atoms with Crippen LogP contribution in [0.15, 0.2) is 0 Å². The molecule has 1 rings (SSSR count). The summed E-state index contributed by atoms with van der Waals surface area (Å²) in [6.07, 6.45) is 4.78. The van der Waals surface area contributed by atoms with E-state index in [9.17, 15) is 8.42 Å². The quantitative estimate of drug-likeness (QED) is 0.665. The maximum absolute atomic E-state index is 11.9. The minimum Gasteiger partial charge on any atom is -0.315 e. The molecule has 1 saturated carbocycles. The molecule has 0 amide bonds. The summed E-state index contributed by atoms with van der Waals surface area (Å²) < 4.78 is 26.6. The van der Waals surface area contributed by atoms with Crippen LogP contribution in [0.2, 0.25) is 0 Å². The second-order valence-electron chi connectivity index (χ2n) is 5.87. The Balaban J connectivity index is 2.15. The number of hydrogen-bond acceptors (Lipinski definition) is 3. The van der Waals surface area contributed by atoms with Gasteiger partial charge in [0, 0.05) is 12.1 Å². The number of nitrogens with one attached hydrogen (secondary N) is 2. The Hall–Kier alpha value is -0.130. The largest absolute Gasteiger partial charge is 0.315 e. The number of hydrogen-bond donors (Lipinski definition) is 2. The topological polar surface area (TPSA) is 58.2 Å². The first-order valence-electron chi connectivity index (χ1n) is 7.12. The van der Waals surface area contributed by atoms with Crippen LogP contribution in [0, 0.1) is 5.92 Å². The van der Waals surface area contributed by atoms with Crippen molar-refractivity contribution in [3.05, 3.63) is 0 Å². The molecule has 4 nitrogen and oxygen atoms in total. The lowest BCUT2D eigenvalue weighted by Gasteiger charge is -2.13. The molecule has 0 aromatic heterocycles. The monoisotopic (exact) mass is 276 g/mol. The Morgan fingerprint density at radius 3 is 2.50 bits per heavy atom. The Morgan fingerprint density at radius 1 is 1.22 bits per heavy atom. The van der Waals surface area contributed by atoms with Gasteiger partial charge in [0.1, 0.15) is 0 Å². The molecular formula is C13H28N2O2S. The molecule has 18 heavy (non-hydrogen) atoms. The number of rotatable bonds is 8. The van der Waals surface area contributed by atoms with Crippen molar-refractivity contribution < 1.29 is 8.42 Å². The van der Waals surface area contributed by atoms with E-state index >= 15 is 0 Å². The van der Waals surface area contributed by atoms with Crippen LogP contribution in [0.3, 0.4) is 0 Å². The van der Waals surface area contributed by atoms with Crippen molar-refractivity contribution in [1.29, 1.82) is 0 Å². The molecule has 1 fully saturated rings. The molecule has 0 bridgehead atoms. The lowest BCUT2D eigenvalue weighted by Crippen LogP contribution is -2.35. The zero-order valence-corrected chi connectivity index (χ0v) is 12.7. The van der Waals surface area contributed by atoms with E-state index in [0.29, 0.717) is 12.0 Å². The Morgan fingerprint density at radius 2 is 1.94 bits per heavy atom. The van der Waals surface area contributed by atoms with E-state index in [-0.39, 0.29) is 11.8 Å². The minimum atomic E-state index is -3.07. The summed E-state index contributed by atoms with van der Waals surface area (Å²) in [5, 5.41) is 3.30. The Bertz CT molecular complexity index is 328. The van der Waals surface area contributed by atoms with Crippen molar-refractivity contribution in [3.63, 3.8) is 0 Å². The van der Waals surface area contributed by atoms with Gasteiger partial charge in [-0.2, -0.15) is 0 Å². The van der Waals surface area contributed by atoms with Crippen LogP contribution in [0.5, 0.6) is 0 Å². The molecule has 0 heterocycles. The van der Waals surface area contributed by atoms with Gasteiger partial charge < -0.3 is 5.32 Å². The van der Waals surface area contributed by atoms with Crippen LogP contribution in [0.25, 0.3) is 0 Å². The predicted molar refractivity (Wildman–Crippen MR) is 76.1 cm³/mol. The number of unbranched alkanes of at least 4 members (excludes halogenated alkanes) is 1. The fourth-order valence-corrected chi connectivity index (χ4v) is 3.86. The standard InChI is InChI=1S/C13H28N2O2S/c1-11(2)14-8-4-5-9-18(16,17)15-13-7-6-12(3)10-13/h11-15H,4-10H2,1-3H3. The molecule has 0 saturated heterocycles. The van der Waals surface area contributed by atoms with Gasteiger partial charge in [-0.25, -0.2) is 13.1 Å². The van der Waals surface area contributed by atoms with E-state index in [1.54, 1.807) is 0 Å². The van der Waals surface area contributed by atoms with Gasteiger partial charge in [0.2, 0.25) is 10.0 Å². The van der Waals surface area contributed by atoms with Crippen LogP contribution >= 0.6 is 0 Å². The molecule has 0 spiro atoms. The predicted octanol–water partition coefficient (Wildman–Crippen LogP) is 1.87.